The minimum absolute atomic E-state index is 0.229. The van der Waals surface area contributed by atoms with Crippen LogP contribution >= 0.6 is 0 Å². The Labute approximate surface area is 115 Å². The Morgan fingerprint density at radius 2 is 1.75 bits per heavy atom. The Morgan fingerprint density at radius 1 is 1.25 bits per heavy atom. The normalized spacial score (nSPS) is 15.0. The van der Waals surface area contributed by atoms with Crippen molar-refractivity contribution in [3.8, 4) is 0 Å². The third kappa shape index (κ3) is 3.72. The third-order valence-corrected chi connectivity index (χ3v) is 2.86. The van der Waals surface area contributed by atoms with Gasteiger partial charge in [0.15, 0.2) is 5.60 Å². The topological polar surface area (TPSA) is 49.3 Å². The van der Waals surface area contributed by atoms with Crippen molar-refractivity contribution in [3.05, 3.63) is 29.8 Å². The van der Waals surface area contributed by atoms with Gasteiger partial charge in [-0.1, -0.05) is 26.0 Å². The van der Waals surface area contributed by atoms with Crippen molar-refractivity contribution >= 4 is 11.6 Å². The van der Waals surface area contributed by atoms with Gasteiger partial charge in [0.05, 0.1) is 0 Å². The minimum Gasteiger partial charge on any atom is -0.376 e. The zero-order valence-electron chi connectivity index (χ0n) is 11.6. The molecule has 0 saturated heterocycles. The lowest BCUT2D eigenvalue weighted by Crippen LogP contribution is -2.43. The van der Waals surface area contributed by atoms with Gasteiger partial charge in [-0.3, -0.25) is 4.79 Å². The molecule has 0 radical (unpaired) electrons. The SMILES string of the molecule is CC(=O)Nc1ccc(C(O)(CC(C)C)C(F)(F)F)cc1. The molecule has 1 amide bonds. The van der Waals surface area contributed by atoms with Gasteiger partial charge in [-0.25, -0.2) is 0 Å². The molecule has 6 heteroatoms. The number of benzene rings is 1. The Hall–Kier alpha value is -1.56. The largest absolute Gasteiger partial charge is 0.421 e. The second-order valence-corrected chi connectivity index (χ2v) is 5.21. The second-order valence-electron chi connectivity index (χ2n) is 5.21. The number of hydrogen-bond donors (Lipinski definition) is 2. The van der Waals surface area contributed by atoms with Gasteiger partial charge < -0.3 is 10.4 Å². The zero-order chi connectivity index (χ0) is 15.6. The van der Waals surface area contributed by atoms with Gasteiger partial charge in [-0.15, -0.1) is 0 Å². The highest BCUT2D eigenvalue weighted by atomic mass is 19.4. The predicted molar refractivity (Wildman–Crippen MR) is 70.2 cm³/mol. The summed E-state index contributed by atoms with van der Waals surface area (Å²) in [5.41, 5.74) is -2.72. The number of hydrogen-bond acceptors (Lipinski definition) is 2. The van der Waals surface area contributed by atoms with E-state index in [4.69, 9.17) is 0 Å². The average molecular weight is 289 g/mol. The molecule has 0 heterocycles. The summed E-state index contributed by atoms with van der Waals surface area (Å²) in [5, 5.41) is 12.5. The van der Waals surface area contributed by atoms with E-state index in [1.807, 2.05) is 0 Å². The molecule has 0 aromatic heterocycles. The molecular weight excluding hydrogens is 271 g/mol. The summed E-state index contributed by atoms with van der Waals surface area (Å²) in [4.78, 5) is 10.9. The number of aliphatic hydroxyl groups is 1. The summed E-state index contributed by atoms with van der Waals surface area (Å²) >= 11 is 0. The van der Waals surface area contributed by atoms with Gasteiger partial charge in [0.25, 0.3) is 0 Å². The lowest BCUT2D eigenvalue weighted by Gasteiger charge is -2.32. The third-order valence-electron chi connectivity index (χ3n) is 2.86. The molecular formula is C14H18F3NO2. The van der Waals surface area contributed by atoms with Gasteiger partial charge in [-0.2, -0.15) is 13.2 Å². The molecule has 0 spiro atoms. The molecule has 2 N–H and O–H groups in total. The molecule has 112 valence electrons. The molecule has 3 nitrogen and oxygen atoms in total. The van der Waals surface area contributed by atoms with Crippen LogP contribution in [0.1, 0.15) is 32.8 Å². The van der Waals surface area contributed by atoms with Gasteiger partial charge in [0.1, 0.15) is 0 Å². The summed E-state index contributed by atoms with van der Waals surface area (Å²) in [5.74, 6) is -0.636. The van der Waals surface area contributed by atoms with Crippen LogP contribution in [0.5, 0.6) is 0 Å². The molecule has 1 atom stereocenters. The van der Waals surface area contributed by atoms with Gasteiger partial charge in [0.2, 0.25) is 5.91 Å². The van der Waals surface area contributed by atoms with Crippen LogP contribution < -0.4 is 5.32 Å². The van der Waals surface area contributed by atoms with E-state index in [-0.39, 0.29) is 17.4 Å². The van der Waals surface area contributed by atoms with Gasteiger partial charge >= 0.3 is 6.18 Å². The number of halogens is 3. The van der Waals surface area contributed by atoms with Crippen LogP contribution in [-0.4, -0.2) is 17.2 Å². The standard InChI is InChI=1S/C14H18F3NO2/c1-9(2)8-13(20,14(15,16)17)11-4-6-12(7-5-11)18-10(3)19/h4-7,9,20H,8H2,1-3H3,(H,18,19). The van der Waals surface area contributed by atoms with Crippen molar-refractivity contribution in [1.29, 1.82) is 0 Å². The van der Waals surface area contributed by atoms with Crippen LogP contribution in [0.15, 0.2) is 24.3 Å². The van der Waals surface area contributed by atoms with E-state index in [0.717, 1.165) is 0 Å². The molecule has 0 bridgehead atoms. The van der Waals surface area contributed by atoms with Crippen LogP contribution in [0, 0.1) is 5.92 Å². The van der Waals surface area contributed by atoms with Crippen molar-refractivity contribution in [1.82, 2.24) is 0 Å². The summed E-state index contributed by atoms with van der Waals surface area (Å²) in [6.07, 6.45) is -5.18. The fourth-order valence-electron chi connectivity index (χ4n) is 2.02. The van der Waals surface area contributed by atoms with Crippen LogP contribution in [-0.2, 0) is 10.4 Å². The van der Waals surface area contributed by atoms with E-state index in [9.17, 15) is 23.1 Å². The Bertz CT molecular complexity index is 468. The van der Waals surface area contributed by atoms with Crippen molar-refractivity contribution in [2.24, 2.45) is 5.92 Å². The number of rotatable bonds is 4. The molecule has 0 aliphatic heterocycles. The van der Waals surface area contributed by atoms with E-state index < -0.39 is 18.2 Å². The summed E-state index contributed by atoms with van der Waals surface area (Å²) in [7, 11) is 0. The Kier molecular flexibility index (Phi) is 4.81. The van der Waals surface area contributed by atoms with Gasteiger partial charge in [-0.05, 0) is 30.0 Å². The van der Waals surface area contributed by atoms with E-state index >= 15 is 0 Å². The highest BCUT2D eigenvalue weighted by Crippen LogP contribution is 2.43. The molecule has 1 aromatic carbocycles. The van der Waals surface area contributed by atoms with Crippen molar-refractivity contribution in [3.63, 3.8) is 0 Å². The molecule has 1 unspecified atom stereocenters. The number of nitrogens with one attached hydrogen (secondary N) is 1. The maximum absolute atomic E-state index is 13.1. The molecule has 20 heavy (non-hydrogen) atoms. The summed E-state index contributed by atoms with van der Waals surface area (Å²) < 4.78 is 39.4. The molecule has 1 aromatic rings. The van der Waals surface area contributed by atoms with Crippen LogP contribution in [0.3, 0.4) is 0 Å². The number of anilines is 1. The smallest absolute Gasteiger partial charge is 0.376 e. The molecule has 1 rings (SSSR count). The van der Waals surface area contributed by atoms with E-state index in [1.54, 1.807) is 13.8 Å². The van der Waals surface area contributed by atoms with Crippen LogP contribution in [0.4, 0.5) is 18.9 Å². The summed E-state index contributed by atoms with van der Waals surface area (Å²) in [6.45, 7) is 4.53. The van der Waals surface area contributed by atoms with Crippen molar-refractivity contribution in [2.75, 3.05) is 5.32 Å². The number of alkyl halides is 3. The molecule has 0 fully saturated rings. The van der Waals surface area contributed by atoms with E-state index in [0.29, 0.717) is 5.69 Å². The average Bonchev–Trinajstić information content (AvgIpc) is 2.26. The number of carbonyl (C=O) groups excluding carboxylic acids is 1. The van der Waals surface area contributed by atoms with Crippen LogP contribution in [0.25, 0.3) is 0 Å². The lowest BCUT2D eigenvalue weighted by molar-refractivity contribution is -0.272. The number of amides is 1. The van der Waals surface area contributed by atoms with E-state index in [1.165, 1.54) is 31.2 Å². The first-order valence-electron chi connectivity index (χ1n) is 6.23. The first kappa shape index (κ1) is 16.5. The van der Waals surface area contributed by atoms with Crippen molar-refractivity contribution in [2.45, 2.75) is 39.0 Å². The Morgan fingerprint density at radius 3 is 2.10 bits per heavy atom. The van der Waals surface area contributed by atoms with E-state index in [2.05, 4.69) is 5.32 Å². The van der Waals surface area contributed by atoms with Crippen LogP contribution in [0.2, 0.25) is 0 Å². The fraction of sp³-hybridized carbons (Fsp3) is 0.500. The highest BCUT2D eigenvalue weighted by molar-refractivity contribution is 5.88. The Balaban J connectivity index is 3.12. The molecule has 0 aliphatic rings. The minimum atomic E-state index is -4.76. The highest BCUT2D eigenvalue weighted by Gasteiger charge is 2.54. The second kappa shape index (κ2) is 5.83. The maximum atomic E-state index is 13.1. The predicted octanol–water partition coefficient (Wildman–Crippen LogP) is 3.44. The maximum Gasteiger partial charge on any atom is 0.421 e. The van der Waals surface area contributed by atoms with Gasteiger partial charge in [0, 0.05) is 12.6 Å². The number of carbonyl (C=O) groups is 1. The van der Waals surface area contributed by atoms with Crippen molar-refractivity contribution < 1.29 is 23.1 Å². The molecule has 0 aliphatic carbocycles. The first-order valence-corrected chi connectivity index (χ1v) is 6.23. The monoisotopic (exact) mass is 289 g/mol. The quantitative estimate of drug-likeness (QED) is 0.892. The fourth-order valence-corrected chi connectivity index (χ4v) is 2.02. The zero-order valence-corrected chi connectivity index (χ0v) is 11.6. The molecule has 0 saturated carbocycles. The lowest BCUT2D eigenvalue weighted by atomic mass is 9.85. The summed E-state index contributed by atoms with van der Waals surface area (Å²) in [6, 6.07) is 5.05. The first-order chi connectivity index (χ1) is 9.06.